The van der Waals surface area contributed by atoms with Crippen LogP contribution in [0.5, 0.6) is 0 Å². The van der Waals surface area contributed by atoms with Crippen LogP contribution in [0.4, 0.5) is 0 Å². The molecule has 1 N–H and O–H groups in total. The molecule has 0 spiro atoms. The van der Waals surface area contributed by atoms with Crippen molar-refractivity contribution in [1.29, 1.82) is 0 Å². The molecule has 0 aromatic heterocycles. The van der Waals surface area contributed by atoms with Crippen LogP contribution >= 0.6 is 11.6 Å². The second kappa shape index (κ2) is 3.25. The van der Waals surface area contributed by atoms with Crippen LogP contribution in [0.25, 0.3) is 0 Å². The monoisotopic (exact) mass is 210 g/mol. The van der Waals surface area contributed by atoms with E-state index in [9.17, 15) is 5.11 Å². The van der Waals surface area contributed by atoms with Gasteiger partial charge in [-0.15, -0.1) is 0 Å². The Balaban J connectivity index is 2.38. The van der Waals surface area contributed by atoms with Crippen molar-refractivity contribution >= 4 is 11.6 Å². The average Bonchev–Trinajstić information content (AvgIpc) is 2.90. The zero-order valence-corrected chi connectivity index (χ0v) is 9.30. The number of benzene rings is 1. The first-order valence-electron chi connectivity index (χ1n) is 5.01. The Morgan fingerprint density at radius 3 is 2.50 bits per heavy atom. The highest BCUT2D eigenvalue weighted by atomic mass is 35.5. The van der Waals surface area contributed by atoms with Crippen molar-refractivity contribution in [3.8, 4) is 0 Å². The molecular weight excluding hydrogens is 196 g/mol. The molecule has 0 bridgehead atoms. The summed E-state index contributed by atoms with van der Waals surface area (Å²) >= 11 is 6.07. The number of aliphatic hydroxyl groups is 1. The van der Waals surface area contributed by atoms with Gasteiger partial charge in [0.2, 0.25) is 0 Å². The minimum absolute atomic E-state index is 0.00264. The van der Waals surface area contributed by atoms with E-state index in [2.05, 4.69) is 6.07 Å². The SMILES string of the molecule is Cc1ccc(C2(C(C)O)CC2)cc1Cl. The lowest BCUT2D eigenvalue weighted by molar-refractivity contribution is 0.150. The van der Waals surface area contributed by atoms with Gasteiger partial charge in [-0.1, -0.05) is 23.7 Å². The van der Waals surface area contributed by atoms with Gasteiger partial charge in [-0.25, -0.2) is 0 Å². The van der Waals surface area contributed by atoms with E-state index in [1.54, 1.807) is 0 Å². The van der Waals surface area contributed by atoms with E-state index in [1.807, 2.05) is 26.0 Å². The van der Waals surface area contributed by atoms with Crippen LogP contribution in [0.1, 0.15) is 30.9 Å². The van der Waals surface area contributed by atoms with Crippen molar-refractivity contribution in [2.75, 3.05) is 0 Å². The Kier molecular flexibility index (Phi) is 2.32. The molecule has 1 unspecified atom stereocenters. The van der Waals surface area contributed by atoms with Gasteiger partial charge in [0.1, 0.15) is 0 Å². The molecule has 1 aliphatic rings. The van der Waals surface area contributed by atoms with Crippen molar-refractivity contribution < 1.29 is 5.11 Å². The molecule has 1 fully saturated rings. The van der Waals surface area contributed by atoms with Gasteiger partial charge in [-0.3, -0.25) is 0 Å². The molecule has 2 heteroatoms. The molecule has 14 heavy (non-hydrogen) atoms. The third-order valence-corrected chi connectivity index (χ3v) is 3.74. The van der Waals surface area contributed by atoms with E-state index in [0.717, 1.165) is 23.4 Å². The van der Waals surface area contributed by atoms with Crippen molar-refractivity contribution in [2.45, 2.75) is 38.2 Å². The number of hydrogen-bond donors (Lipinski definition) is 1. The standard InChI is InChI=1S/C12H15ClO/c1-8-3-4-10(7-11(8)13)12(5-6-12)9(2)14/h3-4,7,9,14H,5-6H2,1-2H3. The minimum atomic E-state index is -0.277. The summed E-state index contributed by atoms with van der Waals surface area (Å²) in [6.45, 7) is 3.86. The fraction of sp³-hybridized carbons (Fsp3) is 0.500. The zero-order chi connectivity index (χ0) is 10.3. The Bertz CT molecular complexity index is 353. The summed E-state index contributed by atoms with van der Waals surface area (Å²) in [5.41, 5.74) is 2.28. The quantitative estimate of drug-likeness (QED) is 0.796. The zero-order valence-electron chi connectivity index (χ0n) is 8.55. The minimum Gasteiger partial charge on any atom is -0.392 e. The lowest BCUT2D eigenvalue weighted by Crippen LogP contribution is -2.22. The smallest absolute Gasteiger partial charge is 0.0608 e. The molecule has 0 aliphatic heterocycles. The second-order valence-electron chi connectivity index (χ2n) is 4.30. The average molecular weight is 211 g/mol. The number of aryl methyl sites for hydroxylation is 1. The molecule has 76 valence electrons. The van der Waals surface area contributed by atoms with Gasteiger partial charge < -0.3 is 5.11 Å². The van der Waals surface area contributed by atoms with E-state index in [-0.39, 0.29) is 11.5 Å². The summed E-state index contributed by atoms with van der Waals surface area (Å²) in [5.74, 6) is 0. The molecule has 1 aromatic carbocycles. The Morgan fingerprint density at radius 1 is 1.43 bits per heavy atom. The summed E-state index contributed by atoms with van der Waals surface area (Å²) in [5, 5.41) is 10.5. The Hall–Kier alpha value is -0.530. The number of rotatable bonds is 2. The van der Waals surface area contributed by atoms with E-state index in [0.29, 0.717) is 0 Å². The molecule has 1 nitrogen and oxygen atoms in total. The van der Waals surface area contributed by atoms with Crippen LogP contribution in [-0.4, -0.2) is 11.2 Å². The number of hydrogen-bond acceptors (Lipinski definition) is 1. The molecule has 0 saturated heterocycles. The Morgan fingerprint density at radius 2 is 2.07 bits per heavy atom. The van der Waals surface area contributed by atoms with Crippen LogP contribution in [0.2, 0.25) is 5.02 Å². The second-order valence-corrected chi connectivity index (χ2v) is 4.70. The molecule has 1 saturated carbocycles. The summed E-state index contributed by atoms with van der Waals surface area (Å²) in [6.07, 6.45) is 1.87. The highest BCUT2D eigenvalue weighted by molar-refractivity contribution is 6.31. The van der Waals surface area contributed by atoms with Crippen LogP contribution in [-0.2, 0) is 5.41 Å². The normalized spacial score (nSPS) is 20.6. The predicted molar refractivity (Wildman–Crippen MR) is 58.8 cm³/mol. The van der Waals surface area contributed by atoms with Crippen molar-refractivity contribution in [3.05, 3.63) is 34.3 Å². The maximum atomic E-state index is 9.71. The summed E-state index contributed by atoms with van der Waals surface area (Å²) in [7, 11) is 0. The van der Waals surface area contributed by atoms with E-state index < -0.39 is 0 Å². The lowest BCUT2D eigenvalue weighted by Gasteiger charge is -2.19. The first kappa shape index (κ1) is 10.0. The van der Waals surface area contributed by atoms with Crippen molar-refractivity contribution in [1.82, 2.24) is 0 Å². The molecule has 0 heterocycles. The van der Waals surface area contributed by atoms with Crippen LogP contribution in [0.15, 0.2) is 18.2 Å². The van der Waals surface area contributed by atoms with Crippen molar-refractivity contribution in [2.24, 2.45) is 0 Å². The van der Waals surface area contributed by atoms with E-state index in [4.69, 9.17) is 11.6 Å². The van der Waals surface area contributed by atoms with Crippen LogP contribution < -0.4 is 0 Å². The fourth-order valence-corrected chi connectivity index (χ4v) is 2.17. The largest absolute Gasteiger partial charge is 0.392 e. The van der Waals surface area contributed by atoms with Crippen LogP contribution in [0.3, 0.4) is 0 Å². The lowest BCUT2D eigenvalue weighted by atomic mass is 9.90. The molecule has 0 radical (unpaired) electrons. The first-order chi connectivity index (χ1) is 6.56. The van der Waals surface area contributed by atoms with Gasteiger partial charge in [-0.2, -0.15) is 0 Å². The molecule has 1 aliphatic carbocycles. The predicted octanol–water partition coefficient (Wildman–Crippen LogP) is 3.06. The van der Waals surface area contributed by atoms with Gasteiger partial charge in [-0.05, 0) is 43.9 Å². The maximum absolute atomic E-state index is 9.71. The maximum Gasteiger partial charge on any atom is 0.0608 e. The molecule has 1 aromatic rings. The van der Waals surface area contributed by atoms with Crippen LogP contribution in [0, 0.1) is 6.92 Å². The van der Waals surface area contributed by atoms with Gasteiger partial charge >= 0.3 is 0 Å². The molecule has 0 amide bonds. The third-order valence-electron chi connectivity index (χ3n) is 3.34. The highest BCUT2D eigenvalue weighted by Crippen LogP contribution is 2.51. The third kappa shape index (κ3) is 1.45. The number of halogens is 1. The summed E-state index contributed by atoms with van der Waals surface area (Å²) < 4.78 is 0. The number of aliphatic hydroxyl groups excluding tert-OH is 1. The first-order valence-corrected chi connectivity index (χ1v) is 5.39. The van der Waals surface area contributed by atoms with E-state index in [1.165, 1.54) is 5.56 Å². The van der Waals surface area contributed by atoms with E-state index >= 15 is 0 Å². The Labute approximate surface area is 89.7 Å². The van der Waals surface area contributed by atoms with Gasteiger partial charge in [0, 0.05) is 10.4 Å². The van der Waals surface area contributed by atoms with Crippen molar-refractivity contribution in [3.63, 3.8) is 0 Å². The summed E-state index contributed by atoms with van der Waals surface area (Å²) in [6, 6.07) is 6.11. The van der Waals surface area contributed by atoms with Gasteiger partial charge in [0.05, 0.1) is 6.10 Å². The summed E-state index contributed by atoms with van der Waals surface area (Å²) in [4.78, 5) is 0. The molecule has 1 atom stereocenters. The fourth-order valence-electron chi connectivity index (χ4n) is 1.98. The molecular formula is C12H15ClO. The highest BCUT2D eigenvalue weighted by Gasteiger charge is 2.48. The topological polar surface area (TPSA) is 20.2 Å². The van der Waals surface area contributed by atoms with Gasteiger partial charge in [0.15, 0.2) is 0 Å². The molecule has 2 rings (SSSR count). The van der Waals surface area contributed by atoms with Gasteiger partial charge in [0.25, 0.3) is 0 Å².